The summed E-state index contributed by atoms with van der Waals surface area (Å²) in [6, 6.07) is 2.41. The van der Waals surface area contributed by atoms with Gasteiger partial charge in [0.1, 0.15) is 0 Å². The molecule has 0 amide bonds. The quantitative estimate of drug-likeness (QED) is 0.874. The van der Waals surface area contributed by atoms with Gasteiger partial charge in [-0.2, -0.15) is 11.8 Å². The van der Waals surface area contributed by atoms with Crippen molar-refractivity contribution in [2.24, 2.45) is 0 Å². The Kier molecular flexibility index (Phi) is 5.98. The number of nitrogens with one attached hydrogen (secondary N) is 1. The van der Waals surface area contributed by atoms with Crippen LogP contribution in [0.25, 0.3) is 0 Å². The van der Waals surface area contributed by atoms with Gasteiger partial charge in [-0.05, 0) is 25.5 Å². The van der Waals surface area contributed by atoms with E-state index in [9.17, 15) is 0 Å². The number of nitrogens with zero attached hydrogens (tertiary/aromatic N) is 1. The van der Waals surface area contributed by atoms with E-state index in [1.165, 1.54) is 25.7 Å². The second kappa shape index (κ2) is 7.74. The Morgan fingerprint density at radius 3 is 2.90 bits per heavy atom. The first kappa shape index (κ1) is 15.4. The van der Waals surface area contributed by atoms with E-state index < -0.39 is 0 Å². The van der Waals surface area contributed by atoms with Crippen LogP contribution in [0.15, 0.2) is 12.3 Å². The summed E-state index contributed by atoms with van der Waals surface area (Å²) < 4.78 is 10.7. The lowest BCUT2D eigenvalue weighted by Crippen LogP contribution is -2.34. The minimum absolute atomic E-state index is 0.582. The van der Waals surface area contributed by atoms with E-state index in [0.29, 0.717) is 6.04 Å². The van der Waals surface area contributed by atoms with Crippen LogP contribution in [0.5, 0.6) is 11.5 Å². The number of hydrogen-bond acceptors (Lipinski definition) is 5. The molecule has 1 saturated carbocycles. The highest BCUT2D eigenvalue weighted by atomic mass is 32.2. The van der Waals surface area contributed by atoms with E-state index in [2.05, 4.69) is 16.6 Å². The minimum atomic E-state index is 0.582. The van der Waals surface area contributed by atoms with Gasteiger partial charge in [0.25, 0.3) is 0 Å². The van der Waals surface area contributed by atoms with Crippen LogP contribution in [0.3, 0.4) is 0 Å². The third-order valence-corrected chi connectivity index (χ3v) is 4.98. The number of methoxy groups -OCH3 is 2. The van der Waals surface area contributed by atoms with E-state index in [1.54, 1.807) is 20.4 Å². The fraction of sp³-hybridized carbons (Fsp3) is 0.667. The van der Waals surface area contributed by atoms with Crippen LogP contribution >= 0.6 is 11.8 Å². The van der Waals surface area contributed by atoms with Crippen LogP contribution in [-0.2, 0) is 6.54 Å². The largest absolute Gasteiger partial charge is 0.493 e. The predicted molar refractivity (Wildman–Crippen MR) is 83.7 cm³/mol. The zero-order chi connectivity index (χ0) is 14.4. The molecule has 1 aromatic rings. The Morgan fingerprint density at radius 1 is 1.35 bits per heavy atom. The molecule has 112 valence electrons. The van der Waals surface area contributed by atoms with Crippen molar-refractivity contribution in [2.75, 3.05) is 20.5 Å². The molecule has 0 aromatic carbocycles. The molecule has 1 heterocycles. The van der Waals surface area contributed by atoms with Crippen LogP contribution in [0.4, 0.5) is 0 Å². The molecule has 0 saturated heterocycles. The number of rotatable bonds is 6. The Hall–Kier alpha value is -0.940. The summed E-state index contributed by atoms with van der Waals surface area (Å²) in [5.74, 6) is 1.48. The molecule has 1 aromatic heterocycles. The molecule has 2 unspecified atom stereocenters. The van der Waals surface area contributed by atoms with Gasteiger partial charge in [0.15, 0.2) is 11.5 Å². The van der Waals surface area contributed by atoms with Crippen molar-refractivity contribution in [2.45, 2.75) is 43.5 Å². The van der Waals surface area contributed by atoms with Crippen LogP contribution in [0, 0.1) is 0 Å². The molecule has 5 heteroatoms. The lowest BCUT2D eigenvalue weighted by Gasteiger charge is -2.28. The van der Waals surface area contributed by atoms with Gasteiger partial charge in [-0.3, -0.25) is 4.98 Å². The first-order chi connectivity index (χ1) is 9.78. The second-order valence-electron chi connectivity index (χ2n) is 5.10. The van der Waals surface area contributed by atoms with Crippen molar-refractivity contribution in [3.8, 4) is 11.5 Å². The average Bonchev–Trinajstić information content (AvgIpc) is 2.52. The number of thioether (sulfide) groups is 1. The van der Waals surface area contributed by atoms with Crippen LogP contribution in [0.1, 0.15) is 31.4 Å². The molecule has 4 nitrogen and oxygen atoms in total. The van der Waals surface area contributed by atoms with Crippen molar-refractivity contribution in [1.82, 2.24) is 10.3 Å². The van der Waals surface area contributed by atoms with Crippen molar-refractivity contribution < 1.29 is 9.47 Å². The Morgan fingerprint density at radius 2 is 2.20 bits per heavy atom. The zero-order valence-corrected chi connectivity index (χ0v) is 13.3. The van der Waals surface area contributed by atoms with E-state index in [0.717, 1.165) is 29.0 Å². The van der Waals surface area contributed by atoms with Crippen molar-refractivity contribution in [1.29, 1.82) is 0 Å². The van der Waals surface area contributed by atoms with Crippen LogP contribution in [-0.4, -0.2) is 36.8 Å². The highest BCUT2D eigenvalue weighted by Crippen LogP contribution is 2.30. The maximum absolute atomic E-state index is 5.42. The molecule has 2 atom stereocenters. The van der Waals surface area contributed by atoms with E-state index in [1.807, 2.05) is 17.8 Å². The first-order valence-corrected chi connectivity index (χ1v) is 8.39. The average molecular weight is 296 g/mol. The summed E-state index contributed by atoms with van der Waals surface area (Å²) in [4.78, 5) is 4.41. The monoisotopic (exact) mass is 296 g/mol. The molecule has 2 rings (SSSR count). The van der Waals surface area contributed by atoms with Gasteiger partial charge >= 0.3 is 0 Å². The number of aromatic nitrogens is 1. The standard InChI is InChI=1S/C15H24N2O2S/c1-18-14-7-8-16-13(15(14)19-2)10-17-11-5-4-6-12(9-11)20-3/h7-8,11-12,17H,4-6,9-10H2,1-3H3. The summed E-state index contributed by atoms with van der Waals surface area (Å²) in [6.45, 7) is 0.728. The highest BCUT2D eigenvalue weighted by Gasteiger charge is 2.21. The van der Waals surface area contributed by atoms with Gasteiger partial charge in [0.2, 0.25) is 0 Å². The first-order valence-electron chi connectivity index (χ1n) is 7.10. The van der Waals surface area contributed by atoms with Crippen molar-refractivity contribution in [3.05, 3.63) is 18.0 Å². The maximum atomic E-state index is 5.42. The van der Waals surface area contributed by atoms with Gasteiger partial charge in [-0.1, -0.05) is 6.42 Å². The fourth-order valence-corrected chi connectivity index (χ4v) is 3.59. The predicted octanol–water partition coefficient (Wildman–Crippen LogP) is 2.86. The number of pyridine rings is 1. The topological polar surface area (TPSA) is 43.4 Å². The molecule has 1 fully saturated rings. The Bertz CT molecular complexity index is 428. The Labute approximate surface area is 125 Å². The summed E-state index contributed by atoms with van der Waals surface area (Å²) >= 11 is 1.98. The molecular weight excluding hydrogens is 272 g/mol. The normalized spacial score (nSPS) is 22.6. The van der Waals surface area contributed by atoms with Crippen molar-refractivity contribution >= 4 is 11.8 Å². The molecule has 0 aliphatic heterocycles. The van der Waals surface area contributed by atoms with Gasteiger partial charge in [0, 0.05) is 30.1 Å². The molecule has 0 radical (unpaired) electrons. The lowest BCUT2D eigenvalue weighted by molar-refractivity contribution is 0.341. The van der Waals surface area contributed by atoms with E-state index in [-0.39, 0.29) is 0 Å². The summed E-state index contributed by atoms with van der Waals surface area (Å²) in [5, 5.41) is 4.41. The van der Waals surface area contributed by atoms with Crippen molar-refractivity contribution in [3.63, 3.8) is 0 Å². The number of ether oxygens (including phenoxy) is 2. The SMILES string of the molecule is COc1ccnc(CNC2CCCC(SC)C2)c1OC. The number of hydrogen-bond donors (Lipinski definition) is 1. The molecule has 1 aliphatic rings. The van der Waals surface area contributed by atoms with Gasteiger partial charge in [-0.15, -0.1) is 0 Å². The summed E-state index contributed by atoms with van der Waals surface area (Å²) in [6.07, 6.45) is 9.13. The molecule has 1 aliphatic carbocycles. The Balaban J connectivity index is 1.96. The molecule has 0 bridgehead atoms. The smallest absolute Gasteiger partial charge is 0.183 e. The van der Waals surface area contributed by atoms with Crippen LogP contribution in [0.2, 0.25) is 0 Å². The molecule has 20 heavy (non-hydrogen) atoms. The third kappa shape index (κ3) is 3.79. The lowest BCUT2D eigenvalue weighted by atomic mass is 9.95. The van der Waals surface area contributed by atoms with Crippen LogP contribution < -0.4 is 14.8 Å². The summed E-state index contributed by atoms with van der Waals surface area (Å²) in [7, 11) is 3.31. The minimum Gasteiger partial charge on any atom is -0.493 e. The molecular formula is C15H24N2O2S. The third-order valence-electron chi connectivity index (χ3n) is 3.88. The van der Waals surface area contributed by atoms with Gasteiger partial charge in [-0.25, -0.2) is 0 Å². The van der Waals surface area contributed by atoms with Gasteiger partial charge in [0.05, 0.1) is 19.9 Å². The second-order valence-corrected chi connectivity index (χ2v) is 6.23. The zero-order valence-electron chi connectivity index (χ0n) is 12.5. The van der Waals surface area contributed by atoms with E-state index >= 15 is 0 Å². The maximum Gasteiger partial charge on any atom is 0.183 e. The van der Waals surface area contributed by atoms with Gasteiger partial charge < -0.3 is 14.8 Å². The summed E-state index contributed by atoms with van der Waals surface area (Å²) in [5.41, 5.74) is 0.915. The van der Waals surface area contributed by atoms with E-state index in [4.69, 9.17) is 9.47 Å². The molecule has 1 N–H and O–H groups in total. The fourth-order valence-electron chi connectivity index (χ4n) is 2.76. The molecule has 0 spiro atoms. The highest BCUT2D eigenvalue weighted by molar-refractivity contribution is 7.99.